The minimum atomic E-state index is -0.0408. The van der Waals surface area contributed by atoms with Crippen LogP contribution >= 0.6 is 23.5 Å². The summed E-state index contributed by atoms with van der Waals surface area (Å²) in [4.78, 5) is 11.4. The third kappa shape index (κ3) is 14.0. The number of nitrogens with one attached hydrogen (secondary N) is 2. The molecule has 0 aliphatic rings. The van der Waals surface area contributed by atoms with Gasteiger partial charge in [0.1, 0.15) is 0 Å². The Morgan fingerprint density at radius 2 is 1.28 bits per heavy atom. The van der Waals surface area contributed by atoms with Crippen molar-refractivity contribution in [2.45, 2.75) is 52.4 Å². The van der Waals surface area contributed by atoms with Crippen LogP contribution in [0.3, 0.4) is 0 Å². The van der Waals surface area contributed by atoms with Gasteiger partial charge in [0.25, 0.3) is 0 Å². The molecule has 108 valence electrons. The van der Waals surface area contributed by atoms with Crippen LogP contribution < -0.4 is 10.6 Å². The molecule has 0 aromatic rings. The van der Waals surface area contributed by atoms with Crippen molar-refractivity contribution in [3.63, 3.8) is 0 Å². The van der Waals surface area contributed by atoms with Crippen LogP contribution in [0.1, 0.15) is 52.4 Å². The zero-order chi connectivity index (χ0) is 13.5. The number of amides is 2. The van der Waals surface area contributed by atoms with Crippen LogP contribution in [0, 0.1) is 0 Å². The van der Waals surface area contributed by atoms with Crippen LogP contribution in [0.2, 0.25) is 0 Å². The van der Waals surface area contributed by atoms with Crippen LogP contribution in [0.5, 0.6) is 0 Å². The SMILES string of the molecule is CCCCCSCNC(=O)NCSCCCCC. The summed E-state index contributed by atoms with van der Waals surface area (Å²) in [6.07, 6.45) is 7.57. The summed E-state index contributed by atoms with van der Waals surface area (Å²) in [5.74, 6) is 3.71. The van der Waals surface area contributed by atoms with Crippen molar-refractivity contribution in [3.05, 3.63) is 0 Å². The zero-order valence-electron chi connectivity index (χ0n) is 11.8. The third-order valence-electron chi connectivity index (χ3n) is 2.45. The molecule has 0 fully saturated rings. The van der Waals surface area contributed by atoms with Crippen molar-refractivity contribution in [1.82, 2.24) is 10.6 Å². The molecule has 0 heterocycles. The third-order valence-corrected chi connectivity index (χ3v) is 4.31. The highest BCUT2D eigenvalue weighted by atomic mass is 32.2. The molecule has 3 nitrogen and oxygen atoms in total. The highest BCUT2D eigenvalue weighted by Crippen LogP contribution is 2.05. The lowest BCUT2D eigenvalue weighted by molar-refractivity contribution is 0.244. The number of rotatable bonds is 12. The van der Waals surface area contributed by atoms with E-state index in [1.165, 1.54) is 38.5 Å². The number of unbranched alkanes of at least 4 members (excludes halogenated alkanes) is 4. The number of carbonyl (C=O) groups excluding carboxylic acids is 1. The van der Waals surface area contributed by atoms with Crippen molar-refractivity contribution >= 4 is 29.6 Å². The van der Waals surface area contributed by atoms with E-state index in [0.29, 0.717) is 0 Å². The Kier molecular flexibility index (Phi) is 15.0. The van der Waals surface area contributed by atoms with E-state index in [2.05, 4.69) is 24.5 Å². The molecule has 2 amide bonds. The molecule has 0 aromatic carbocycles. The second kappa shape index (κ2) is 15.0. The van der Waals surface area contributed by atoms with Gasteiger partial charge in [-0.05, 0) is 24.3 Å². The van der Waals surface area contributed by atoms with Crippen molar-refractivity contribution in [3.8, 4) is 0 Å². The van der Waals surface area contributed by atoms with Gasteiger partial charge in [-0.2, -0.15) is 0 Å². The monoisotopic (exact) mass is 292 g/mol. The summed E-state index contributed by atoms with van der Waals surface area (Å²) >= 11 is 3.59. The van der Waals surface area contributed by atoms with Crippen molar-refractivity contribution < 1.29 is 4.79 Å². The summed E-state index contributed by atoms with van der Waals surface area (Å²) in [5.41, 5.74) is 0. The van der Waals surface area contributed by atoms with Crippen molar-refractivity contribution in [2.75, 3.05) is 23.3 Å². The van der Waals surface area contributed by atoms with Crippen molar-refractivity contribution in [2.24, 2.45) is 0 Å². The van der Waals surface area contributed by atoms with Gasteiger partial charge in [-0.15, -0.1) is 23.5 Å². The summed E-state index contributed by atoms with van der Waals surface area (Å²) in [7, 11) is 0. The average molecular weight is 293 g/mol. The molecule has 0 unspecified atom stereocenters. The number of hydrogen-bond acceptors (Lipinski definition) is 3. The fourth-order valence-corrected chi connectivity index (χ4v) is 2.92. The Bertz CT molecular complexity index is 174. The molecule has 0 rings (SSSR count). The second-order valence-electron chi connectivity index (χ2n) is 4.20. The highest BCUT2D eigenvalue weighted by Gasteiger charge is 1.98. The lowest BCUT2D eigenvalue weighted by Crippen LogP contribution is -2.35. The molecule has 5 heteroatoms. The lowest BCUT2D eigenvalue weighted by atomic mass is 10.3. The molecule has 0 aliphatic heterocycles. The quantitative estimate of drug-likeness (QED) is 0.421. The first kappa shape index (κ1) is 18.0. The van der Waals surface area contributed by atoms with Crippen LogP contribution in [-0.2, 0) is 0 Å². The van der Waals surface area contributed by atoms with E-state index in [1.807, 2.05) is 0 Å². The fraction of sp³-hybridized carbons (Fsp3) is 0.923. The first-order chi connectivity index (χ1) is 8.81. The van der Waals surface area contributed by atoms with Gasteiger partial charge in [0, 0.05) is 0 Å². The Balaban J connectivity index is 3.12. The summed E-state index contributed by atoms with van der Waals surface area (Å²) in [6.45, 7) is 4.41. The summed E-state index contributed by atoms with van der Waals surface area (Å²) < 4.78 is 0. The first-order valence-electron chi connectivity index (χ1n) is 6.98. The molecule has 0 spiro atoms. The van der Waals surface area contributed by atoms with Gasteiger partial charge in [-0.3, -0.25) is 0 Å². The van der Waals surface area contributed by atoms with E-state index in [4.69, 9.17) is 0 Å². The van der Waals surface area contributed by atoms with Gasteiger partial charge in [-0.1, -0.05) is 39.5 Å². The number of thioether (sulfide) groups is 2. The minimum absolute atomic E-state index is 0.0408. The topological polar surface area (TPSA) is 41.1 Å². The van der Waals surface area contributed by atoms with Gasteiger partial charge in [0.15, 0.2) is 0 Å². The second-order valence-corrected chi connectivity index (χ2v) is 6.41. The van der Waals surface area contributed by atoms with Crippen molar-refractivity contribution in [1.29, 1.82) is 0 Å². The molecule has 0 aliphatic carbocycles. The van der Waals surface area contributed by atoms with Gasteiger partial charge in [0.05, 0.1) is 11.8 Å². The predicted molar refractivity (Wildman–Crippen MR) is 85.4 cm³/mol. The summed E-state index contributed by atoms with van der Waals surface area (Å²) in [6, 6.07) is -0.0408. The molecular formula is C13H28N2OS2. The Hall–Kier alpha value is -0.0300. The van der Waals surface area contributed by atoms with E-state index in [1.54, 1.807) is 23.5 Å². The highest BCUT2D eigenvalue weighted by molar-refractivity contribution is 7.99. The smallest absolute Gasteiger partial charge is 0.316 e. The zero-order valence-corrected chi connectivity index (χ0v) is 13.4. The normalized spacial score (nSPS) is 10.3. The fourth-order valence-electron chi connectivity index (χ4n) is 1.35. The summed E-state index contributed by atoms with van der Waals surface area (Å²) in [5, 5.41) is 5.72. The predicted octanol–water partition coefficient (Wildman–Crippen LogP) is 4.05. The number of hydrogen-bond donors (Lipinski definition) is 2. The van der Waals surface area contributed by atoms with Crippen LogP contribution in [0.4, 0.5) is 4.79 Å². The van der Waals surface area contributed by atoms with Gasteiger partial charge < -0.3 is 10.6 Å². The molecule has 0 radical (unpaired) electrons. The maximum Gasteiger partial charge on any atom is 0.316 e. The largest absolute Gasteiger partial charge is 0.329 e. The molecular weight excluding hydrogens is 264 g/mol. The molecule has 0 saturated heterocycles. The van der Waals surface area contributed by atoms with E-state index in [-0.39, 0.29) is 6.03 Å². The lowest BCUT2D eigenvalue weighted by Gasteiger charge is -2.07. The molecule has 0 aromatic heterocycles. The van der Waals surface area contributed by atoms with Crippen LogP contribution in [0.25, 0.3) is 0 Å². The Morgan fingerprint density at radius 3 is 1.67 bits per heavy atom. The van der Waals surface area contributed by atoms with Gasteiger partial charge in [-0.25, -0.2) is 4.79 Å². The van der Waals surface area contributed by atoms with Gasteiger partial charge >= 0.3 is 6.03 Å². The van der Waals surface area contributed by atoms with Gasteiger partial charge in [0.2, 0.25) is 0 Å². The maximum absolute atomic E-state index is 11.4. The average Bonchev–Trinajstić information content (AvgIpc) is 2.38. The molecule has 0 bridgehead atoms. The Labute approximate surface area is 121 Å². The molecule has 2 N–H and O–H groups in total. The maximum atomic E-state index is 11.4. The molecule has 0 saturated carbocycles. The van der Waals surface area contributed by atoms with Crippen LogP contribution in [0.15, 0.2) is 0 Å². The van der Waals surface area contributed by atoms with E-state index >= 15 is 0 Å². The van der Waals surface area contributed by atoms with E-state index in [9.17, 15) is 4.79 Å². The first-order valence-corrected chi connectivity index (χ1v) is 9.29. The number of carbonyl (C=O) groups is 1. The Morgan fingerprint density at radius 1 is 0.833 bits per heavy atom. The molecule has 0 atom stereocenters. The van der Waals surface area contributed by atoms with E-state index in [0.717, 1.165) is 23.3 Å². The molecule has 18 heavy (non-hydrogen) atoms. The number of urea groups is 1. The standard InChI is InChI=1S/C13H28N2OS2/c1-3-5-7-9-17-11-14-13(16)15-12-18-10-8-6-4-2/h3-12H2,1-2H3,(H2,14,15,16). The minimum Gasteiger partial charge on any atom is -0.329 e. The van der Waals surface area contributed by atoms with E-state index < -0.39 is 0 Å². The van der Waals surface area contributed by atoms with Crippen LogP contribution in [-0.4, -0.2) is 29.3 Å².